The lowest BCUT2D eigenvalue weighted by atomic mass is 10.1. The van der Waals surface area contributed by atoms with Gasteiger partial charge >= 0.3 is 0 Å². The first kappa shape index (κ1) is 11.5. The predicted octanol–water partition coefficient (Wildman–Crippen LogP) is 2.89. The summed E-state index contributed by atoms with van der Waals surface area (Å²) in [4.78, 5) is 0. The van der Waals surface area contributed by atoms with E-state index < -0.39 is 0 Å². The first-order valence-corrected chi connectivity index (χ1v) is 4.94. The lowest BCUT2D eigenvalue weighted by Gasteiger charge is -2.13. The van der Waals surface area contributed by atoms with E-state index in [1.165, 1.54) is 0 Å². The van der Waals surface area contributed by atoms with Gasteiger partial charge in [-0.3, -0.25) is 0 Å². The van der Waals surface area contributed by atoms with E-state index in [0.29, 0.717) is 0 Å². The SMILES string of the molecule is COC(CCc1ccccc1Cl)OC. The molecule has 2 nitrogen and oxygen atoms in total. The highest BCUT2D eigenvalue weighted by atomic mass is 35.5. The molecular weight excluding hydrogens is 200 g/mol. The Kier molecular flexibility index (Phi) is 4.94. The Morgan fingerprint density at radius 3 is 2.43 bits per heavy atom. The molecule has 0 aliphatic heterocycles. The van der Waals surface area contributed by atoms with E-state index in [-0.39, 0.29) is 6.29 Å². The van der Waals surface area contributed by atoms with Crippen molar-refractivity contribution in [1.82, 2.24) is 0 Å². The normalized spacial score (nSPS) is 10.9. The van der Waals surface area contributed by atoms with Gasteiger partial charge in [-0.25, -0.2) is 0 Å². The van der Waals surface area contributed by atoms with Crippen LogP contribution < -0.4 is 0 Å². The highest BCUT2D eigenvalue weighted by molar-refractivity contribution is 6.31. The highest BCUT2D eigenvalue weighted by Crippen LogP contribution is 2.17. The molecule has 0 aliphatic rings. The number of halogens is 1. The topological polar surface area (TPSA) is 18.5 Å². The molecule has 78 valence electrons. The molecule has 1 rings (SSSR count). The maximum absolute atomic E-state index is 6.01. The first-order valence-electron chi connectivity index (χ1n) is 4.57. The summed E-state index contributed by atoms with van der Waals surface area (Å²) in [6.07, 6.45) is 1.54. The summed E-state index contributed by atoms with van der Waals surface area (Å²) in [5.41, 5.74) is 1.13. The van der Waals surface area contributed by atoms with Crippen molar-refractivity contribution in [2.24, 2.45) is 0 Å². The third-order valence-electron chi connectivity index (χ3n) is 2.13. The van der Waals surface area contributed by atoms with Crippen LogP contribution in [0.25, 0.3) is 0 Å². The van der Waals surface area contributed by atoms with Gasteiger partial charge < -0.3 is 9.47 Å². The minimum Gasteiger partial charge on any atom is -0.356 e. The number of benzene rings is 1. The second kappa shape index (κ2) is 6.02. The second-order valence-corrected chi connectivity index (χ2v) is 3.44. The summed E-state index contributed by atoms with van der Waals surface area (Å²) < 4.78 is 10.2. The van der Waals surface area contributed by atoms with Gasteiger partial charge in [0.05, 0.1) is 0 Å². The summed E-state index contributed by atoms with van der Waals surface area (Å²) in [5, 5.41) is 0.804. The van der Waals surface area contributed by atoms with E-state index in [9.17, 15) is 0 Å². The highest BCUT2D eigenvalue weighted by Gasteiger charge is 2.06. The molecule has 1 aromatic carbocycles. The van der Waals surface area contributed by atoms with Crippen LogP contribution in [0.4, 0.5) is 0 Å². The zero-order chi connectivity index (χ0) is 10.4. The number of hydrogen-bond acceptors (Lipinski definition) is 2. The summed E-state index contributed by atoms with van der Waals surface area (Å²) in [7, 11) is 3.28. The van der Waals surface area contributed by atoms with Crippen LogP contribution in [0.3, 0.4) is 0 Å². The van der Waals surface area contributed by atoms with E-state index in [2.05, 4.69) is 0 Å². The van der Waals surface area contributed by atoms with E-state index in [1.54, 1.807) is 14.2 Å². The molecule has 1 aromatic rings. The number of methoxy groups -OCH3 is 2. The molecule has 0 N–H and O–H groups in total. The van der Waals surface area contributed by atoms with Crippen LogP contribution in [0.1, 0.15) is 12.0 Å². The van der Waals surface area contributed by atoms with E-state index in [0.717, 1.165) is 23.4 Å². The Morgan fingerprint density at radius 1 is 1.21 bits per heavy atom. The Labute approximate surface area is 89.8 Å². The molecular formula is C11H15ClO2. The number of aryl methyl sites for hydroxylation is 1. The second-order valence-electron chi connectivity index (χ2n) is 3.03. The van der Waals surface area contributed by atoms with E-state index >= 15 is 0 Å². The van der Waals surface area contributed by atoms with Crippen molar-refractivity contribution in [2.45, 2.75) is 19.1 Å². The lowest BCUT2D eigenvalue weighted by molar-refractivity contribution is -0.105. The summed E-state index contributed by atoms with van der Waals surface area (Å²) in [6.45, 7) is 0. The van der Waals surface area contributed by atoms with Gasteiger partial charge in [0.1, 0.15) is 0 Å². The zero-order valence-electron chi connectivity index (χ0n) is 8.50. The number of rotatable bonds is 5. The van der Waals surface area contributed by atoms with Crippen LogP contribution in [0.15, 0.2) is 24.3 Å². The van der Waals surface area contributed by atoms with Crippen molar-refractivity contribution >= 4 is 11.6 Å². The van der Waals surface area contributed by atoms with Crippen LogP contribution in [0, 0.1) is 0 Å². The summed E-state index contributed by atoms with van der Waals surface area (Å²) in [5.74, 6) is 0. The van der Waals surface area contributed by atoms with Gasteiger partial charge in [0.15, 0.2) is 6.29 Å². The van der Waals surface area contributed by atoms with Gasteiger partial charge in [0, 0.05) is 25.7 Å². The lowest BCUT2D eigenvalue weighted by Crippen LogP contribution is -2.13. The van der Waals surface area contributed by atoms with Crippen molar-refractivity contribution in [1.29, 1.82) is 0 Å². The first-order chi connectivity index (χ1) is 6.77. The minimum absolute atomic E-state index is 0.147. The molecule has 0 radical (unpaired) electrons. The largest absolute Gasteiger partial charge is 0.356 e. The number of hydrogen-bond donors (Lipinski definition) is 0. The predicted molar refractivity (Wildman–Crippen MR) is 57.6 cm³/mol. The maximum Gasteiger partial charge on any atom is 0.157 e. The third kappa shape index (κ3) is 3.29. The van der Waals surface area contributed by atoms with Crippen LogP contribution in [-0.4, -0.2) is 20.5 Å². The fourth-order valence-electron chi connectivity index (χ4n) is 1.31. The monoisotopic (exact) mass is 214 g/mol. The maximum atomic E-state index is 6.01. The average molecular weight is 215 g/mol. The average Bonchev–Trinajstić information content (AvgIpc) is 2.22. The third-order valence-corrected chi connectivity index (χ3v) is 2.50. The van der Waals surface area contributed by atoms with Gasteiger partial charge in [-0.15, -0.1) is 0 Å². The minimum atomic E-state index is -0.147. The zero-order valence-corrected chi connectivity index (χ0v) is 9.25. The van der Waals surface area contributed by atoms with Crippen molar-refractivity contribution in [3.63, 3.8) is 0 Å². The summed E-state index contributed by atoms with van der Waals surface area (Å²) in [6, 6.07) is 7.82. The molecule has 0 saturated heterocycles. The molecule has 0 aromatic heterocycles. The quantitative estimate of drug-likeness (QED) is 0.702. The molecule has 0 unspecified atom stereocenters. The smallest absolute Gasteiger partial charge is 0.157 e. The van der Waals surface area contributed by atoms with E-state index in [4.69, 9.17) is 21.1 Å². The Bertz CT molecular complexity index is 272. The summed E-state index contributed by atoms with van der Waals surface area (Å²) >= 11 is 6.01. The van der Waals surface area contributed by atoms with Gasteiger partial charge in [-0.1, -0.05) is 29.8 Å². The van der Waals surface area contributed by atoms with Crippen molar-refractivity contribution in [2.75, 3.05) is 14.2 Å². The molecule has 0 saturated carbocycles. The molecule has 0 bridgehead atoms. The molecule has 0 spiro atoms. The van der Waals surface area contributed by atoms with Crippen molar-refractivity contribution in [3.05, 3.63) is 34.9 Å². The van der Waals surface area contributed by atoms with Gasteiger partial charge in [0.2, 0.25) is 0 Å². The molecule has 0 atom stereocenters. The van der Waals surface area contributed by atoms with Crippen LogP contribution in [0.5, 0.6) is 0 Å². The Hall–Kier alpha value is -0.570. The molecule has 0 fully saturated rings. The van der Waals surface area contributed by atoms with Crippen molar-refractivity contribution < 1.29 is 9.47 Å². The molecule has 0 amide bonds. The van der Waals surface area contributed by atoms with Crippen molar-refractivity contribution in [3.8, 4) is 0 Å². The van der Waals surface area contributed by atoms with E-state index in [1.807, 2.05) is 24.3 Å². The molecule has 14 heavy (non-hydrogen) atoms. The van der Waals surface area contributed by atoms with Crippen LogP contribution >= 0.6 is 11.6 Å². The van der Waals surface area contributed by atoms with Gasteiger partial charge in [-0.05, 0) is 18.1 Å². The van der Waals surface area contributed by atoms with Gasteiger partial charge in [-0.2, -0.15) is 0 Å². The fourth-order valence-corrected chi connectivity index (χ4v) is 1.54. The Morgan fingerprint density at radius 2 is 1.86 bits per heavy atom. The number of ether oxygens (including phenoxy) is 2. The van der Waals surface area contributed by atoms with Gasteiger partial charge in [0.25, 0.3) is 0 Å². The standard InChI is InChI=1S/C11H15ClO2/c1-13-11(14-2)8-7-9-5-3-4-6-10(9)12/h3-6,11H,7-8H2,1-2H3. The molecule has 3 heteroatoms. The fraction of sp³-hybridized carbons (Fsp3) is 0.455. The van der Waals surface area contributed by atoms with Crippen LogP contribution in [-0.2, 0) is 15.9 Å². The Balaban J connectivity index is 2.49. The van der Waals surface area contributed by atoms with Crippen LogP contribution in [0.2, 0.25) is 5.02 Å². The molecule has 0 aliphatic carbocycles. The molecule has 0 heterocycles.